The highest BCUT2D eigenvalue weighted by Crippen LogP contribution is 2.40. The molecule has 1 aromatic heterocycles. The number of nitrogens with zero attached hydrogens (tertiary/aromatic N) is 1. The van der Waals surface area contributed by atoms with Crippen molar-refractivity contribution in [2.45, 2.75) is 52.4 Å². The van der Waals surface area contributed by atoms with Gasteiger partial charge in [0.05, 0.1) is 5.56 Å². The van der Waals surface area contributed by atoms with E-state index in [0.29, 0.717) is 11.5 Å². The number of piperidine rings is 1. The Morgan fingerprint density at radius 1 is 1.14 bits per heavy atom. The number of hydrogen-bond acceptors (Lipinski definition) is 3. The maximum absolute atomic E-state index is 13.4. The highest BCUT2D eigenvalue weighted by Gasteiger charge is 2.31. The third-order valence-corrected chi connectivity index (χ3v) is 7.16. The van der Waals surface area contributed by atoms with Gasteiger partial charge in [-0.15, -0.1) is 11.3 Å². The summed E-state index contributed by atoms with van der Waals surface area (Å²) in [7, 11) is 0. The molecule has 0 unspecified atom stereocenters. The average molecular weight is 397 g/mol. The summed E-state index contributed by atoms with van der Waals surface area (Å²) in [5.41, 5.74) is 3.55. The van der Waals surface area contributed by atoms with E-state index in [2.05, 4.69) is 12.2 Å². The number of anilines is 1. The van der Waals surface area contributed by atoms with Gasteiger partial charge in [-0.05, 0) is 68.6 Å². The smallest absolute Gasteiger partial charge is 0.257 e. The molecule has 148 valence electrons. The molecular weight excluding hydrogens is 368 g/mol. The molecule has 4 rings (SSSR count). The molecule has 28 heavy (non-hydrogen) atoms. The van der Waals surface area contributed by atoms with Gasteiger partial charge >= 0.3 is 0 Å². The molecule has 0 saturated carbocycles. The van der Waals surface area contributed by atoms with Crippen LogP contribution in [0.15, 0.2) is 24.3 Å². The van der Waals surface area contributed by atoms with Gasteiger partial charge in [0.1, 0.15) is 5.00 Å². The van der Waals surface area contributed by atoms with Crippen LogP contribution in [0.2, 0.25) is 0 Å². The monoisotopic (exact) mass is 396 g/mol. The van der Waals surface area contributed by atoms with Crippen LogP contribution in [0.3, 0.4) is 0 Å². The first-order chi connectivity index (χ1) is 13.5. The van der Waals surface area contributed by atoms with Gasteiger partial charge in [-0.25, -0.2) is 0 Å². The van der Waals surface area contributed by atoms with Crippen LogP contribution >= 0.6 is 11.3 Å². The molecule has 1 aliphatic heterocycles. The molecule has 1 saturated heterocycles. The van der Waals surface area contributed by atoms with Crippen LogP contribution in [0.25, 0.3) is 0 Å². The molecule has 0 radical (unpaired) electrons. The molecule has 2 heterocycles. The van der Waals surface area contributed by atoms with Gasteiger partial charge < -0.3 is 10.2 Å². The summed E-state index contributed by atoms with van der Waals surface area (Å²) >= 11 is 1.61. The van der Waals surface area contributed by atoms with Gasteiger partial charge in [-0.2, -0.15) is 0 Å². The van der Waals surface area contributed by atoms with Crippen molar-refractivity contribution >= 4 is 28.2 Å². The molecule has 4 nitrogen and oxygen atoms in total. The highest BCUT2D eigenvalue weighted by atomic mass is 32.1. The average Bonchev–Trinajstić information content (AvgIpc) is 3.05. The van der Waals surface area contributed by atoms with E-state index in [9.17, 15) is 9.59 Å². The fourth-order valence-corrected chi connectivity index (χ4v) is 5.72. The minimum absolute atomic E-state index is 0.104. The third kappa shape index (κ3) is 3.72. The van der Waals surface area contributed by atoms with Gasteiger partial charge in [0.2, 0.25) is 0 Å². The quantitative estimate of drug-likeness (QED) is 0.788. The van der Waals surface area contributed by atoms with Crippen molar-refractivity contribution in [1.82, 2.24) is 4.90 Å². The maximum atomic E-state index is 13.4. The van der Waals surface area contributed by atoms with E-state index < -0.39 is 0 Å². The number of nitrogens with one attached hydrogen (secondary N) is 1. The van der Waals surface area contributed by atoms with E-state index in [1.165, 1.54) is 16.9 Å². The Labute approximate surface area is 170 Å². The maximum Gasteiger partial charge on any atom is 0.257 e. The lowest BCUT2D eigenvalue weighted by molar-refractivity contribution is 0.0724. The van der Waals surface area contributed by atoms with Crippen LogP contribution in [0.5, 0.6) is 0 Å². The number of amides is 2. The van der Waals surface area contributed by atoms with Crippen LogP contribution in [0.1, 0.15) is 69.3 Å². The van der Waals surface area contributed by atoms with Crippen molar-refractivity contribution < 1.29 is 9.59 Å². The highest BCUT2D eigenvalue weighted by molar-refractivity contribution is 7.17. The second-order valence-corrected chi connectivity index (χ2v) is 9.28. The third-order valence-electron chi connectivity index (χ3n) is 5.99. The molecule has 1 aromatic carbocycles. The fourth-order valence-electron chi connectivity index (χ4n) is 4.32. The van der Waals surface area contributed by atoms with Crippen LogP contribution in [-0.4, -0.2) is 29.8 Å². The molecule has 1 fully saturated rings. The lowest BCUT2D eigenvalue weighted by Crippen LogP contribution is -2.36. The summed E-state index contributed by atoms with van der Waals surface area (Å²) in [5.74, 6) is 0.605. The molecule has 2 amide bonds. The Bertz CT molecular complexity index is 896. The van der Waals surface area contributed by atoms with E-state index in [4.69, 9.17) is 0 Å². The zero-order valence-corrected chi connectivity index (χ0v) is 17.5. The topological polar surface area (TPSA) is 49.4 Å². The summed E-state index contributed by atoms with van der Waals surface area (Å²) in [5, 5.41) is 3.83. The SMILES string of the molecule is Cc1ccccc1C(=O)Nc1sc2c(c1C(=O)N1CCCCC1)CC[C@H](C)C2. The predicted octanol–water partition coefficient (Wildman–Crippen LogP) is 5.06. The Morgan fingerprint density at radius 3 is 2.64 bits per heavy atom. The molecule has 1 N–H and O–H groups in total. The lowest BCUT2D eigenvalue weighted by atomic mass is 9.88. The largest absolute Gasteiger partial charge is 0.339 e. The number of rotatable bonds is 3. The number of carbonyl (C=O) groups excluding carboxylic acids is 2. The van der Waals surface area contributed by atoms with Crippen molar-refractivity contribution in [2.24, 2.45) is 5.92 Å². The fraction of sp³-hybridized carbons (Fsp3) is 0.478. The molecule has 5 heteroatoms. The van der Waals surface area contributed by atoms with Crippen molar-refractivity contribution in [2.75, 3.05) is 18.4 Å². The standard InChI is InChI=1S/C23H28N2O2S/c1-15-10-11-18-19(14-15)28-22(20(18)23(27)25-12-6-3-7-13-25)24-21(26)17-9-5-4-8-16(17)2/h4-5,8-9,15H,3,6-7,10-14H2,1-2H3,(H,24,26)/t15-/m0/s1. The molecule has 0 bridgehead atoms. The zero-order chi connectivity index (χ0) is 19.7. The first-order valence-electron chi connectivity index (χ1n) is 10.4. The second-order valence-electron chi connectivity index (χ2n) is 8.18. The van der Waals surface area contributed by atoms with Crippen LogP contribution in [-0.2, 0) is 12.8 Å². The van der Waals surface area contributed by atoms with Gasteiger partial charge in [0.25, 0.3) is 11.8 Å². The Balaban J connectivity index is 1.69. The van der Waals surface area contributed by atoms with Gasteiger partial charge in [0, 0.05) is 23.5 Å². The van der Waals surface area contributed by atoms with Crippen LogP contribution in [0, 0.1) is 12.8 Å². The summed E-state index contributed by atoms with van der Waals surface area (Å²) in [4.78, 5) is 29.6. The number of fused-ring (bicyclic) bond motifs is 1. The van der Waals surface area contributed by atoms with Crippen LogP contribution in [0.4, 0.5) is 5.00 Å². The first kappa shape index (κ1) is 19.2. The summed E-state index contributed by atoms with van der Waals surface area (Å²) in [6.45, 7) is 5.85. The molecule has 2 aliphatic rings. The number of thiophene rings is 1. The molecular formula is C23H28N2O2S. The zero-order valence-electron chi connectivity index (χ0n) is 16.7. The van der Waals surface area contributed by atoms with E-state index in [0.717, 1.165) is 61.3 Å². The summed E-state index contributed by atoms with van der Waals surface area (Å²) < 4.78 is 0. The normalized spacial score (nSPS) is 19.2. The lowest BCUT2D eigenvalue weighted by Gasteiger charge is -2.28. The number of benzene rings is 1. The van der Waals surface area contributed by atoms with Crippen LogP contribution < -0.4 is 5.32 Å². The number of hydrogen-bond donors (Lipinski definition) is 1. The summed E-state index contributed by atoms with van der Waals surface area (Å²) in [6.07, 6.45) is 6.37. The van der Waals surface area contributed by atoms with Crippen molar-refractivity contribution in [1.29, 1.82) is 0 Å². The molecule has 2 aromatic rings. The first-order valence-corrected chi connectivity index (χ1v) is 11.2. The summed E-state index contributed by atoms with van der Waals surface area (Å²) in [6, 6.07) is 7.59. The van der Waals surface area contributed by atoms with Crippen molar-refractivity contribution in [3.8, 4) is 0 Å². The van der Waals surface area contributed by atoms with Crippen molar-refractivity contribution in [3.05, 3.63) is 51.4 Å². The van der Waals surface area contributed by atoms with Gasteiger partial charge in [0.15, 0.2) is 0 Å². The van der Waals surface area contributed by atoms with E-state index >= 15 is 0 Å². The molecule has 1 atom stereocenters. The number of carbonyl (C=O) groups is 2. The van der Waals surface area contributed by atoms with Gasteiger partial charge in [-0.1, -0.05) is 25.1 Å². The van der Waals surface area contributed by atoms with E-state index in [1.807, 2.05) is 36.1 Å². The molecule has 0 spiro atoms. The minimum Gasteiger partial charge on any atom is -0.339 e. The molecule has 1 aliphatic carbocycles. The Morgan fingerprint density at radius 2 is 1.89 bits per heavy atom. The van der Waals surface area contributed by atoms with E-state index in [1.54, 1.807) is 11.3 Å². The number of likely N-dealkylation sites (tertiary alicyclic amines) is 1. The predicted molar refractivity (Wildman–Crippen MR) is 114 cm³/mol. The Kier molecular flexibility index (Phi) is 5.54. The van der Waals surface area contributed by atoms with Gasteiger partial charge in [-0.3, -0.25) is 9.59 Å². The minimum atomic E-state index is -0.127. The van der Waals surface area contributed by atoms with E-state index in [-0.39, 0.29) is 11.8 Å². The second kappa shape index (κ2) is 8.08. The number of aryl methyl sites for hydroxylation is 1. The Hall–Kier alpha value is -2.14. The van der Waals surface area contributed by atoms with Crippen molar-refractivity contribution in [3.63, 3.8) is 0 Å².